The monoisotopic (exact) mass is 411 g/mol. The fourth-order valence-corrected chi connectivity index (χ4v) is 4.90. The van der Waals surface area contributed by atoms with E-state index in [0.29, 0.717) is 6.54 Å². The van der Waals surface area contributed by atoms with Gasteiger partial charge in [0.25, 0.3) is 5.91 Å². The van der Waals surface area contributed by atoms with Crippen LogP contribution in [0.5, 0.6) is 5.75 Å². The number of halogens is 1. The van der Waals surface area contributed by atoms with E-state index >= 15 is 0 Å². The molecule has 0 saturated carbocycles. The molecule has 0 aliphatic carbocycles. The van der Waals surface area contributed by atoms with E-state index in [0.717, 1.165) is 56.7 Å². The molecule has 1 aromatic rings. The summed E-state index contributed by atoms with van der Waals surface area (Å²) in [7, 11) is 0. The van der Waals surface area contributed by atoms with E-state index in [4.69, 9.17) is 4.74 Å². The number of rotatable bonds is 7. The summed E-state index contributed by atoms with van der Waals surface area (Å²) in [4.78, 5) is 25.9. The van der Waals surface area contributed by atoms with Crippen LogP contribution in [-0.2, 0) is 11.2 Å². The van der Waals surface area contributed by atoms with Crippen LogP contribution in [-0.4, -0.2) is 58.7 Å². The summed E-state index contributed by atoms with van der Waals surface area (Å²) in [5.74, 6) is 1.87. The Morgan fingerprint density at radius 3 is 2.89 bits per heavy atom. The second kappa shape index (κ2) is 9.17. The van der Waals surface area contributed by atoms with E-state index in [9.17, 15) is 9.59 Å². The minimum Gasteiger partial charge on any atom is -0.489 e. The smallest absolute Gasteiger partial charge is 0.337 e. The van der Waals surface area contributed by atoms with Gasteiger partial charge in [-0.1, -0.05) is 18.2 Å². The van der Waals surface area contributed by atoms with Gasteiger partial charge >= 0.3 is 6.03 Å². The minimum atomic E-state index is -0.211. The van der Waals surface area contributed by atoms with Gasteiger partial charge in [-0.2, -0.15) is 0 Å². The van der Waals surface area contributed by atoms with Crippen molar-refractivity contribution < 1.29 is 14.3 Å². The Morgan fingerprint density at radius 1 is 1.19 bits per heavy atom. The molecule has 6 nitrogen and oxygen atoms in total. The van der Waals surface area contributed by atoms with Crippen LogP contribution in [0.4, 0.5) is 4.79 Å². The summed E-state index contributed by atoms with van der Waals surface area (Å²) >= 11 is 1.48. The highest BCUT2D eigenvalue weighted by Crippen LogP contribution is 2.34. The summed E-state index contributed by atoms with van der Waals surface area (Å²) in [6.07, 6.45) is 4.89. The van der Waals surface area contributed by atoms with Gasteiger partial charge in [0.1, 0.15) is 17.9 Å². The van der Waals surface area contributed by atoms with Crippen molar-refractivity contribution in [2.75, 3.05) is 25.4 Å². The lowest BCUT2D eigenvalue weighted by molar-refractivity contribution is -0.127. The summed E-state index contributed by atoms with van der Waals surface area (Å²) in [5.41, 5.74) is 1.29. The first kappa shape index (κ1) is 20.3. The molecule has 3 amide bonds. The lowest BCUT2D eigenvalue weighted by atomic mass is 10.0. The molecule has 3 aliphatic heterocycles. The highest BCUT2D eigenvalue weighted by Gasteiger charge is 2.47. The SMILES string of the molecule is Cl.O=C1C2CCSN2C(=O)N1CCCCNCC1CCc2ccccc2O1. The minimum absolute atomic E-state index is 0. The van der Waals surface area contributed by atoms with Crippen molar-refractivity contribution in [1.82, 2.24) is 14.5 Å². The molecule has 3 heterocycles. The predicted molar refractivity (Wildman–Crippen MR) is 108 cm³/mol. The van der Waals surface area contributed by atoms with E-state index in [2.05, 4.69) is 17.4 Å². The Balaban J connectivity index is 0.00000210. The summed E-state index contributed by atoms with van der Waals surface area (Å²) in [5, 5.41) is 3.45. The molecule has 2 atom stereocenters. The third kappa shape index (κ3) is 4.36. The number of imide groups is 1. The van der Waals surface area contributed by atoms with Crippen LogP contribution in [0.3, 0.4) is 0 Å². The Kier molecular flexibility index (Phi) is 6.89. The lowest BCUT2D eigenvalue weighted by Crippen LogP contribution is -2.35. The van der Waals surface area contributed by atoms with Crippen molar-refractivity contribution in [2.24, 2.45) is 0 Å². The number of carbonyl (C=O) groups is 2. The Bertz CT molecular complexity index is 668. The summed E-state index contributed by atoms with van der Waals surface area (Å²) in [6, 6.07) is 7.90. The predicted octanol–water partition coefficient (Wildman–Crippen LogP) is 2.86. The average molecular weight is 412 g/mol. The number of urea groups is 1. The summed E-state index contributed by atoms with van der Waals surface area (Å²) in [6.45, 7) is 2.24. The van der Waals surface area contributed by atoms with Gasteiger partial charge in [0.2, 0.25) is 0 Å². The molecule has 2 saturated heterocycles. The van der Waals surface area contributed by atoms with E-state index in [1.165, 1.54) is 22.4 Å². The van der Waals surface area contributed by atoms with Crippen molar-refractivity contribution in [3.8, 4) is 5.75 Å². The first-order valence-corrected chi connectivity index (χ1v) is 10.4. The number of amides is 3. The molecule has 8 heteroatoms. The molecule has 148 valence electrons. The van der Waals surface area contributed by atoms with Gasteiger partial charge in [0, 0.05) is 18.8 Å². The molecule has 0 bridgehead atoms. The molecule has 2 fully saturated rings. The van der Waals surface area contributed by atoms with E-state index in [1.54, 1.807) is 4.31 Å². The molecule has 27 heavy (non-hydrogen) atoms. The second-order valence-corrected chi connectivity index (χ2v) is 8.09. The van der Waals surface area contributed by atoms with Gasteiger partial charge in [0.15, 0.2) is 0 Å². The third-order valence-corrected chi connectivity index (χ3v) is 6.34. The number of aryl methyl sites for hydroxylation is 1. The number of benzene rings is 1. The van der Waals surface area contributed by atoms with Crippen LogP contribution in [0.15, 0.2) is 24.3 Å². The fraction of sp³-hybridized carbons (Fsp3) is 0.579. The van der Waals surface area contributed by atoms with Crippen LogP contribution >= 0.6 is 24.4 Å². The zero-order chi connectivity index (χ0) is 17.9. The number of ether oxygens (including phenoxy) is 1. The molecule has 1 aromatic carbocycles. The van der Waals surface area contributed by atoms with Crippen molar-refractivity contribution >= 4 is 36.3 Å². The Labute approximate surface area is 170 Å². The molecule has 0 radical (unpaired) electrons. The van der Waals surface area contributed by atoms with Crippen LogP contribution in [0.25, 0.3) is 0 Å². The number of fused-ring (bicyclic) bond motifs is 2. The van der Waals surface area contributed by atoms with Crippen molar-refractivity contribution in [3.05, 3.63) is 29.8 Å². The molecule has 0 spiro atoms. The average Bonchev–Trinajstić information content (AvgIpc) is 3.23. The number of hydrogen-bond donors (Lipinski definition) is 1. The van der Waals surface area contributed by atoms with Gasteiger partial charge < -0.3 is 10.1 Å². The first-order chi connectivity index (χ1) is 12.7. The van der Waals surface area contributed by atoms with Crippen LogP contribution in [0, 0.1) is 0 Å². The van der Waals surface area contributed by atoms with Gasteiger partial charge in [-0.3, -0.25) is 14.0 Å². The number of carbonyl (C=O) groups excluding carboxylic acids is 2. The molecule has 4 rings (SSSR count). The van der Waals surface area contributed by atoms with Gasteiger partial charge in [-0.25, -0.2) is 4.79 Å². The maximum atomic E-state index is 12.2. The van der Waals surface area contributed by atoms with Crippen molar-refractivity contribution in [1.29, 1.82) is 0 Å². The summed E-state index contributed by atoms with van der Waals surface area (Å²) < 4.78 is 7.67. The number of unbranched alkanes of at least 4 members (excludes halogenated alkanes) is 1. The number of nitrogens with one attached hydrogen (secondary N) is 1. The quantitative estimate of drug-likeness (QED) is 0.424. The molecule has 1 N–H and O–H groups in total. The van der Waals surface area contributed by atoms with Crippen LogP contribution < -0.4 is 10.1 Å². The first-order valence-electron chi connectivity index (χ1n) is 9.47. The Morgan fingerprint density at radius 2 is 2.04 bits per heavy atom. The molecule has 3 aliphatic rings. The molecular formula is C19H26ClN3O3S. The van der Waals surface area contributed by atoms with Gasteiger partial charge in [-0.15, -0.1) is 12.4 Å². The largest absolute Gasteiger partial charge is 0.489 e. The molecular weight excluding hydrogens is 386 g/mol. The number of para-hydroxylation sites is 1. The van der Waals surface area contributed by atoms with E-state index in [1.807, 2.05) is 12.1 Å². The normalized spacial score (nSPS) is 23.7. The maximum absolute atomic E-state index is 12.2. The third-order valence-electron chi connectivity index (χ3n) is 5.23. The number of nitrogens with zero attached hydrogens (tertiary/aromatic N) is 2. The highest BCUT2D eigenvalue weighted by molar-refractivity contribution is 7.97. The van der Waals surface area contributed by atoms with Crippen molar-refractivity contribution in [2.45, 2.75) is 44.2 Å². The van der Waals surface area contributed by atoms with Crippen LogP contribution in [0.1, 0.15) is 31.2 Å². The topological polar surface area (TPSA) is 61.9 Å². The standard InChI is InChI=1S/C19H25N3O3S.ClH/c23-18-16-9-12-26-22(16)19(24)21(18)11-4-3-10-20-13-15-8-7-14-5-1-2-6-17(14)25-15;/h1-2,5-6,15-16,20H,3-4,7-13H2;1H. The molecule has 0 aromatic heterocycles. The second-order valence-electron chi connectivity index (χ2n) is 7.03. The fourth-order valence-electron chi connectivity index (χ4n) is 3.79. The zero-order valence-corrected chi connectivity index (χ0v) is 16.9. The Hall–Kier alpha value is -1.44. The molecule has 2 unspecified atom stereocenters. The lowest BCUT2D eigenvalue weighted by Gasteiger charge is -2.26. The number of hydrogen-bond acceptors (Lipinski definition) is 5. The highest BCUT2D eigenvalue weighted by atomic mass is 35.5. The van der Waals surface area contributed by atoms with E-state index in [-0.39, 0.29) is 36.5 Å². The zero-order valence-electron chi connectivity index (χ0n) is 15.3. The van der Waals surface area contributed by atoms with E-state index < -0.39 is 0 Å². The van der Waals surface area contributed by atoms with Crippen molar-refractivity contribution in [3.63, 3.8) is 0 Å². The van der Waals surface area contributed by atoms with Gasteiger partial charge in [-0.05, 0) is 62.2 Å². The van der Waals surface area contributed by atoms with Gasteiger partial charge in [0.05, 0.1) is 0 Å². The maximum Gasteiger partial charge on any atom is 0.337 e. The van der Waals surface area contributed by atoms with Crippen LogP contribution in [0.2, 0.25) is 0 Å².